The molecule has 0 saturated carbocycles. The Morgan fingerprint density at radius 3 is 2.33 bits per heavy atom. The van der Waals surface area contributed by atoms with Gasteiger partial charge in [0.1, 0.15) is 17.0 Å². The maximum Gasteiger partial charge on any atom is 0.387 e. The van der Waals surface area contributed by atoms with Crippen molar-refractivity contribution >= 4 is 16.7 Å². The molecule has 0 aliphatic heterocycles. The van der Waals surface area contributed by atoms with Gasteiger partial charge in [0.2, 0.25) is 0 Å². The summed E-state index contributed by atoms with van der Waals surface area (Å²) in [5.74, 6) is 0.112. The van der Waals surface area contributed by atoms with Gasteiger partial charge in [-0.3, -0.25) is 4.98 Å². The van der Waals surface area contributed by atoms with Crippen molar-refractivity contribution in [2.75, 3.05) is 5.32 Å². The van der Waals surface area contributed by atoms with E-state index in [4.69, 9.17) is 0 Å². The van der Waals surface area contributed by atoms with E-state index >= 15 is 0 Å². The van der Waals surface area contributed by atoms with Crippen LogP contribution < -0.4 is 10.1 Å². The number of nitrogens with one attached hydrogen (secondary N) is 1. The average molecular weight is 409 g/mol. The van der Waals surface area contributed by atoms with Crippen LogP contribution in [0.4, 0.5) is 14.6 Å². The fraction of sp³-hybridized carbons (Fsp3) is 0.0909. The monoisotopic (exact) mass is 409 g/mol. The Labute approximate surface area is 170 Å². The van der Waals surface area contributed by atoms with Crippen molar-refractivity contribution in [2.45, 2.75) is 12.7 Å². The molecule has 0 aliphatic carbocycles. The Kier molecular flexibility index (Phi) is 5.30. The standard InChI is InChI=1S/C22H17F2N3O3/c23-22(24)30-15-8-5-14(6-9-15)18(27-21-17(28)4-2-12-26-21)16-10-7-13-3-1-11-25-19(13)20(16)29/h1-12,18,22,28-29H,(H,26,27). The zero-order valence-corrected chi connectivity index (χ0v) is 15.5. The molecule has 8 heteroatoms. The molecule has 0 fully saturated rings. The van der Waals surface area contributed by atoms with Crippen LogP contribution in [0.25, 0.3) is 10.9 Å². The summed E-state index contributed by atoms with van der Waals surface area (Å²) in [5.41, 5.74) is 1.53. The van der Waals surface area contributed by atoms with Crippen LogP contribution in [-0.4, -0.2) is 26.8 Å². The summed E-state index contributed by atoms with van der Waals surface area (Å²) in [6.07, 6.45) is 3.09. The Bertz CT molecular complexity index is 1170. The number of anilines is 1. The van der Waals surface area contributed by atoms with Crippen molar-refractivity contribution in [3.8, 4) is 17.2 Å². The highest BCUT2D eigenvalue weighted by Gasteiger charge is 2.21. The summed E-state index contributed by atoms with van der Waals surface area (Å²) < 4.78 is 29.3. The molecule has 1 atom stereocenters. The molecule has 2 aromatic carbocycles. The molecule has 2 aromatic heterocycles. The third kappa shape index (κ3) is 3.93. The van der Waals surface area contributed by atoms with Gasteiger partial charge in [0.05, 0.1) is 6.04 Å². The van der Waals surface area contributed by atoms with Crippen molar-refractivity contribution < 1.29 is 23.7 Å². The molecule has 2 heterocycles. The van der Waals surface area contributed by atoms with Crippen molar-refractivity contribution in [2.24, 2.45) is 0 Å². The van der Waals surface area contributed by atoms with Gasteiger partial charge in [-0.05, 0) is 35.9 Å². The molecule has 3 N–H and O–H groups in total. The first kappa shape index (κ1) is 19.4. The van der Waals surface area contributed by atoms with Crippen molar-refractivity contribution in [1.82, 2.24) is 9.97 Å². The lowest BCUT2D eigenvalue weighted by Gasteiger charge is -2.22. The van der Waals surface area contributed by atoms with E-state index in [1.54, 1.807) is 36.5 Å². The Morgan fingerprint density at radius 2 is 1.60 bits per heavy atom. The van der Waals surface area contributed by atoms with Gasteiger partial charge in [0, 0.05) is 23.3 Å². The van der Waals surface area contributed by atoms with Crippen LogP contribution in [-0.2, 0) is 0 Å². The minimum atomic E-state index is -2.93. The maximum absolute atomic E-state index is 12.5. The molecule has 30 heavy (non-hydrogen) atoms. The van der Waals surface area contributed by atoms with E-state index in [1.807, 2.05) is 12.1 Å². The molecular formula is C22H17F2N3O3. The highest BCUT2D eigenvalue weighted by molar-refractivity contribution is 5.86. The van der Waals surface area contributed by atoms with E-state index in [2.05, 4.69) is 20.0 Å². The summed E-state index contributed by atoms with van der Waals surface area (Å²) >= 11 is 0. The number of alkyl halides is 2. The van der Waals surface area contributed by atoms with E-state index in [1.165, 1.54) is 24.4 Å². The molecule has 1 unspecified atom stereocenters. The largest absolute Gasteiger partial charge is 0.505 e. The first-order valence-electron chi connectivity index (χ1n) is 9.05. The van der Waals surface area contributed by atoms with Crippen LogP contribution in [0.2, 0.25) is 0 Å². The number of aromatic nitrogens is 2. The van der Waals surface area contributed by atoms with Crippen LogP contribution in [0.5, 0.6) is 17.2 Å². The van der Waals surface area contributed by atoms with Crippen LogP contribution in [0.1, 0.15) is 17.2 Å². The third-order valence-electron chi connectivity index (χ3n) is 4.60. The normalized spacial score (nSPS) is 12.1. The molecule has 0 saturated heterocycles. The molecule has 0 bridgehead atoms. The van der Waals surface area contributed by atoms with Crippen molar-refractivity contribution in [3.63, 3.8) is 0 Å². The SMILES string of the molecule is Oc1cccnc1NC(c1ccc(OC(F)F)cc1)c1ccc2cccnc2c1O. The molecule has 0 amide bonds. The summed E-state index contributed by atoms with van der Waals surface area (Å²) in [7, 11) is 0. The Balaban J connectivity index is 1.80. The van der Waals surface area contributed by atoms with E-state index in [-0.39, 0.29) is 23.1 Å². The number of fused-ring (bicyclic) bond motifs is 1. The highest BCUT2D eigenvalue weighted by Crippen LogP contribution is 2.37. The molecule has 0 spiro atoms. The van der Waals surface area contributed by atoms with E-state index < -0.39 is 12.7 Å². The molecule has 4 rings (SSSR count). The number of phenolic OH excluding ortho intramolecular Hbond substituents is 1. The van der Waals surface area contributed by atoms with Crippen LogP contribution in [0.15, 0.2) is 73.1 Å². The number of aromatic hydroxyl groups is 2. The second-order valence-corrected chi connectivity index (χ2v) is 6.47. The second-order valence-electron chi connectivity index (χ2n) is 6.47. The summed E-state index contributed by atoms with van der Waals surface area (Å²) in [6, 6.07) is 15.6. The number of ether oxygens (including phenoxy) is 1. The zero-order valence-electron chi connectivity index (χ0n) is 15.5. The van der Waals surface area contributed by atoms with Gasteiger partial charge < -0.3 is 20.3 Å². The molecule has 152 valence electrons. The lowest BCUT2D eigenvalue weighted by Crippen LogP contribution is -2.14. The second kappa shape index (κ2) is 8.20. The number of pyridine rings is 2. The molecule has 4 aromatic rings. The van der Waals surface area contributed by atoms with Gasteiger partial charge in [-0.25, -0.2) is 4.98 Å². The number of hydrogen-bond donors (Lipinski definition) is 3. The lowest BCUT2D eigenvalue weighted by molar-refractivity contribution is -0.0498. The third-order valence-corrected chi connectivity index (χ3v) is 4.60. The fourth-order valence-electron chi connectivity index (χ4n) is 3.21. The number of halogens is 2. The quantitative estimate of drug-likeness (QED) is 0.422. The van der Waals surface area contributed by atoms with Crippen LogP contribution >= 0.6 is 0 Å². The van der Waals surface area contributed by atoms with Gasteiger partial charge in [-0.15, -0.1) is 0 Å². The summed E-state index contributed by atoms with van der Waals surface area (Å²) in [5, 5.41) is 24.9. The topological polar surface area (TPSA) is 87.5 Å². The zero-order chi connectivity index (χ0) is 21.1. The molecule has 0 aliphatic rings. The number of rotatable bonds is 6. The average Bonchev–Trinajstić information content (AvgIpc) is 2.74. The number of benzene rings is 2. The number of phenols is 1. The summed E-state index contributed by atoms with van der Waals surface area (Å²) in [4.78, 5) is 8.38. The molecular weight excluding hydrogens is 392 g/mol. The van der Waals surface area contributed by atoms with Crippen molar-refractivity contribution in [1.29, 1.82) is 0 Å². The van der Waals surface area contributed by atoms with Crippen LogP contribution in [0.3, 0.4) is 0 Å². The number of hydrogen-bond acceptors (Lipinski definition) is 6. The minimum Gasteiger partial charge on any atom is -0.505 e. The van der Waals surface area contributed by atoms with Gasteiger partial charge >= 0.3 is 6.61 Å². The molecule has 0 radical (unpaired) electrons. The fourth-order valence-corrected chi connectivity index (χ4v) is 3.21. The minimum absolute atomic E-state index is 0.0117. The lowest BCUT2D eigenvalue weighted by atomic mass is 9.96. The highest BCUT2D eigenvalue weighted by atomic mass is 19.3. The molecule has 6 nitrogen and oxygen atoms in total. The number of nitrogens with zero attached hydrogens (tertiary/aromatic N) is 2. The van der Waals surface area contributed by atoms with Gasteiger partial charge in [0.25, 0.3) is 0 Å². The van der Waals surface area contributed by atoms with Gasteiger partial charge in [0.15, 0.2) is 11.6 Å². The first-order valence-corrected chi connectivity index (χ1v) is 9.05. The Morgan fingerprint density at radius 1 is 0.867 bits per heavy atom. The van der Waals surface area contributed by atoms with E-state index in [0.29, 0.717) is 16.6 Å². The smallest absolute Gasteiger partial charge is 0.387 e. The predicted octanol–water partition coefficient (Wildman–Crippen LogP) is 4.84. The Hall–Kier alpha value is -3.94. The maximum atomic E-state index is 12.5. The van der Waals surface area contributed by atoms with E-state index in [0.717, 1.165) is 5.39 Å². The van der Waals surface area contributed by atoms with E-state index in [9.17, 15) is 19.0 Å². The van der Waals surface area contributed by atoms with Crippen LogP contribution in [0, 0.1) is 0 Å². The van der Waals surface area contributed by atoms with Gasteiger partial charge in [-0.1, -0.05) is 30.3 Å². The summed E-state index contributed by atoms with van der Waals surface area (Å²) in [6.45, 7) is -2.93. The van der Waals surface area contributed by atoms with Gasteiger partial charge in [-0.2, -0.15) is 8.78 Å². The first-order chi connectivity index (χ1) is 14.5. The predicted molar refractivity (Wildman–Crippen MR) is 108 cm³/mol. The van der Waals surface area contributed by atoms with Crippen molar-refractivity contribution in [3.05, 3.63) is 84.2 Å².